The number of carbonyl (C=O) groups excluding carboxylic acids is 1. The van der Waals surface area contributed by atoms with Crippen LogP contribution in [0.25, 0.3) is 0 Å². The maximum atomic E-state index is 12.0. The van der Waals surface area contributed by atoms with Gasteiger partial charge in [-0.1, -0.05) is 13.8 Å². The number of ether oxygens (including phenoxy) is 1. The molecule has 19 heavy (non-hydrogen) atoms. The van der Waals surface area contributed by atoms with Crippen molar-refractivity contribution in [3.8, 4) is 0 Å². The van der Waals surface area contributed by atoms with E-state index in [0.717, 1.165) is 12.8 Å². The molecule has 106 valence electrons. The highest BCUT2D eigenvalue weighted by Gasteiger charge is 2.30. The molecule has 0 amide bonds. The zero-order chi connectivity index (χ0) is 14.2. The number of sulfonamides is 1. The number of primary sulfonamides is 1. The monoisotopic (exact) mass is 286 g/mol. The Labute approximate surface area is 112 Å². The first-order valence-electron chi connectivity index (χ1n) is 6.21. The Morgan fingerprint density at radius 2 is 2.16 bits per heavy atom. The highest BCUT2D eigenvalue weighted by molar-refractivity contribution is 7.89. The van der Waals surface area contributed by atoms with Crippen molar-refractivity contribution < 1.29 is 17.9 Å². The second-order valence-electron chi connectivity index (χ2n) is 5.24. The molecule has 1 aliphatic carbocycles. The number of carbonyl (C=O) groups is 1. The van der Waals surface area contributed by atoms with Crippen molar-refractivity contribution in [3.63, 3.8) is 0 Å². The minimum absolute atomic E-state index is 0.0455. The normalized spacial score (nSPS) is 15.8. The van der Waals surface area contributed by atoms with E-state index in [9.17, 15) is 13.2 Å². The molecular weight excluding hydrogens is 268 g/mol. The zero-order valence-electron chi connectivity index (χ0n) is 11.0. The van der Waals surface area contributed by atoms with Crippen LogP contribution in [-0.4, -0.2) is 25.6 Å². The van der Waals surface area contributed by atoms with Gasteiger partial charge in [0.15, 0.2) is 0 Å². The molecule has 0 unspecified atom stereocenters. The Morgan fingerprint density at radius 1 is 1.53 bits per heavy atom. The molecule has 0 atom stereocenters. The molecule has 0 bridgehead atoms. The summed E-state index contributed by atoms with van der Waals surface area (Å²) in [6, 6.07) is 1.47. The lowest BCUT2D eigenvalue weighted by Crippen LogP contribution is -2.14. The Hall–Kier alpha value is -1.34. The van der Waals surface area contributed by atoms with Crippen molar-refractivity contribution >= 4 is 16.0 Å². The largest absolute Gasteiger partial charge is 0.461 e. The van der Waals surface area contributed by atoms with E-state index >= 15 is 0 Å². The number of hydrogen-bond acceptors (Lipinski definition) is 4. The van der Waals surface area contributed by atoms with Crippen molar-refractivity contribution in [1.29, 1.82) is 0 Å². The van der Waals surface area contributed by atoms with Gasteiger partial charge in [0.25, 0.3) is 0 Å². The molecule has 1 saturated carbocycles. The summed E-state index contributed by atoms with van der Waals surface area (Å²) in [5.74, 6) is -0.276. The standard InChI is InChI=1S/C12H18N2O4S/c1-8(2)7-18-12(15)11-5-10(19(13,16)17)6-14(11)9-3-4-9/h5-6,8-9H,3-4,7H2,1-2H3,(H2,13,16,17). The molecule has 1 heterocycles. The third-order valence-corrected chi connectivity index (χ3v) is 3.73. The Bertz CT molecular complexity index is 585. The minimum atomic E-state index is -3.80. The summed E-state index contributed by atoms with van der Waals surface area (Å²) in [4.78, 5) is 11.9. The fraction of sp³-hybridized carbons (Fsp3) is 0.583. The molecule has 0 spiro atoms. The van der Waals surface area contributed by atoms with E-state index in [0.29, 0.717) is 6.61 Å². The van der Waals surface area contributed by atoms with Gasteiger partial charge in [0.05, 0.1) is 6.61 Å². The molecule has 1 aromatic rings. The van der Waals surface area contributed by atoms with Gasteiger partial charge in [0.2, 0.25) is 10.0 Å². The predicted octanol–water partition coefficient (Wildman–Crippen LogP) is 1.28. The fourth-order valence-corrected chi connectivity index (χ4v) is 2.28. The first-order valence-corrected chi connectivity index (χ1v) is 7.75. The van der Waals surface area contributed by atoms with E-state index in [1.54, 1.807) is 4.57 Å². The van der Waals surface area contributed by atoms with Gasteiger partial charge in [0, 0.05) is 12.2 Å². The van der Waals surface area contributed by atoms with Crippen LogP contribution in [0.4, 0.5) is 0 Å². The van der Waals surface area contributed by atoms with E-state index in [1.165, 1.54) is 12.3 Å². The van der Waals surface area contributed by atoms with Crippen LogP contribution in [0.15, 0.2) is 17.2 Å². The Morgan fingerprint density at radius 3 is 2.63 bits per heavy atom. The SMILES string of the molecule is CC(C)COC(=O)c1cc(S(N)(=O)=O)cn1C1CC1. The van der Waals surface area contributed by atoms with Crippen LogP contribution in [0.1, 0.15) is 43.2 Å². The van der Waals surface area contributed by atoms with E-state index in [1.807, 2.05) is 13.8 Å². The lowest BCUT2D eigenvalue weighted by Gasteiger charge is -2.09. The summed E-state index contributed by atoms with van der Waals surface area (Å²) in [5.41, 5.74) is 0.257. The number of nitrogens with zero attached hydrogens (tertiary/aromatic N) is 1. The quantitative estimate of drug-likeness (QED) is 0.825. The molecule has 2 N–H and O–H groups in total. The average molecular weight is 286 g/mol. The van der Waals surface area contributed by atoms with Gasteiger partial charge in [-0.3, -0.25) is 0 Å². The van der Waals surface area contributed by atoms with Crippen molar-refractivity contribution in [2.24, 2.45) is 11.1 Å². The summed E-state index contributed by atoms with van der Waals surface area (Å²) in [7, 11) is -3.80. The van der Waals surface area contributed by atoms with Crippen LogP contribution in [0.5, 0.6) is 0 Å². The van der Waals surface area contributed by atoms with E-state index in [2.05, 4.69) is 0 Å². The molecule has 1 aliphatic rings. The molecular formula is C12H18N2O4S. The molecule has 0 saturated heterocycles. The van der Waals surface area contributed by atoms with Crippen molar-refractivity contribution in [2.75, 3.05) is 6.61 Å². The van der Waals surface area contributed by atoms with Crippen molar-refractivity contribution in [3.05, 3.63) is 18.0 Å². The summed E-state index contributed by atoms with van der Waals surface area (Å²) in [6.45, 7) is 4.17. The summed E-state index contributed by atoms with van der Waals surface area (Å²) >= 11 is 0. The van der Waals surface area contributed by atoms with Gasteiger partial charge in [-0.15, -0.1) is 0 Å². The second-order valence-corrected chi connectivity index (χ2v) is 6.80. The lowest BCUT2D eigenvalue weighted by molar-refractivity contribution is 0.0446. The van der Waals surface area contributed by atoms with Gasteiger partial charge in [-0.05, 0) is 24.8 Å². The van der Waals surface area contributed by atoms with Crippen molar-refractivity contribution in [1.82, 2.24) is 4.57 Å². The highest BCUT2D eigenvalue weighted by atomic mass is 32.2. The maximum Gasteiger partial charge on any atom is 0.355 e. The Kier molecular flexibility index (Phi) is 3.69. The van der Waals surface area contributed by atoms with Crippen molar-refractivity contribution in [2.45, 2.75) is 37.6 Å². The van der Waals surface area contributed by atoms with Crippen LogP contribution in [0.3, 0.4) is 0 Å². The van der Waals surface area contributed by atoms with Crippen LogP contribution >= 0.6 is 0 Å². The fourth-order valence-electron chi connectivity index (χ4n) is 1.74. The molecule has 1 aromatic heterocycles. The minimum Gasteiger partial charge on any atom is -0.461 e. The first-order chi connectivity index (χ1) is 8.79. The van der Waals surface area contributed by atoms with Gasteiger partial charge in [0.1, 0.15) is 10.6 Å². The van der Waals surface area contributed by atoms with Gasteiger partial charge in [-0.2, -0.15) is 0 Å². The molecule has 0 aliphatic heterocycles. The van der Waals surface area contributed by atoms with Gasteiger partial charge in [-0.25, -0.2) is 18.4 Å². The molecule has 6 nitrogen and oxygen atoms in total. The number of hydrogen-bond donors (Lipinski definition) is 1. The molecule has 0 aromatic carbocycles. The highest BCUT2D eigenvalue weighted by Crippen LogP contribution is 2.37. The predicted molar refractivity (Wildman–Crippen MR) is 69.2 cm³/mol. The number of esters is 1. The van der Waals surface area contributed by atoms with Crippen LogP contribution in [-0.2, 0) is 14.8 Å². The average Bonchev–Trinajstić information content (AvgIpc) is 3.03. The second kappa shape index (κ2) is 4.97. The molecule has 2 rings (SSSR count). The number of aromatic nitrogens is 1. The molecule has 1 fully saturated rings. The number of nitrogens with two attached hydrogens (primary N) is 1. The summed E-state index contributed by atoms with van der Waals surface area (Å²) in [5, 5.41) is 5.09. The Balaban J connectivity index is 2.28. The van der Waals surface area contributed by atoms with Gasteiger partial charge >= 0.3 is 5.97 Å². The van der Waals surface area contributed by atoms with Crippen LogP contribution in [0, 0.1) is 5.92 Å². The van der Waals surface area contributed by atoms with E-state index in [4.69, 9.17) is 9.88 Å². The third-order valence-electron chi connectivity index (χ3n) is 2.85. The van der Waals surface area contributed by atoms with E-state index in [-0.39, 0.29) is 22.5 Å². The third kappa shape index (κ3) is 3.36. The first kappa shape index (κ1) is 14.1. The van der Waals surface area contributed by atoms with Gasteiger partial charge < -0.3 is 9.30 Å². The maximum absolute atomic E-state index is 12.0. The smallest absolute Gasteiger partial charge is 0.355 e. The van der Waals surface area contributed by atoms with Crippen LogP contribution in [0.2, 0.25) is 0 Å². The lowest BCUT2D eigenvalue weighted by atomic mass is 10.2. The summed E-state index contributed by atoms with van der Waals surface area (Å²) in [6.07, 6.45) is 3.28. The zero-order valence-corrected chi connectivity index (χ0v) is 11.8. The molecule has 7 heteroatoms. The van der Waals surface area contributed by atoms with Crippen LogP contribution < -0.4 is 5.14 Å². The number of rotatable bonds is 5. The summed E-state index contributed by atoms with van der Waals surface area (Å²) < 4.78 is 29.5. The molecule has 0 radical (unpaired) electrons. The van der Waals surface area contributed by atoms with E-state index < -0.39 is 16.0 Å². The topological polar surface area (TPSA) is 91.4 Å².